The zero-order valence-electron chi connectivity index (χ0n) is 13.5. The third kappa shape index (κ3) is 7.29. The van der Waals surface area contributed by atoms with E-state index in [0.717, 1.165) is 0 Å². The third-order valence-electron chi connectivity index (χ3n) is 3.28. The molecule has 0 radical (unpaired) electrons. The van der Waals surface area contributed by atoms with Crippen molar-refractivity contribution in [2.75, 3.05) is 19.8 Å². The van der Waals surface area contributed by atoms with Crippen LogP contribution in [-0.2, 0) is 14.4 Å². The highest BCUT2D eigenvalue weighted by molar-refractivity contribution is 8.39. The Morgan fingerprint density at radius 3 is 1.22 bits per heavy atom. The van der Waals surface area contributed by atoms with Crippen molar-refractivity contribution >= 4 is 91.1 Å². The molecule has 9 nitrogen and oxygen atoms in total. The fourth-order valence-electron chi connectivity index (χ4n) is 1.82. The zero-order valence-corrected chi connectivity index (χ0v) is 18.7. The molecule has 0 aromatic carbocycles. The number of rotatable bonds is 14. The Morgan fingerprint density at radius 1 is 0.741 bits per heavy atom. The largest absolute Gasteiger partial charge is 0.480 e. The van der Waals surface area contributed by atoms with Crippen LogP contribution >= 0.6 is 73.2 Å². The molecule has 0 bridgehead atoms. The SMILES string of the molecule is O=C(O)C(S)SC(SC(S)C(=O)O)(SC(S)C(=O)O)C(CO)(CO)CCO. The van der Waals surface area contributed by atoms with E-state index in [1.807, 2.05) is 0 Å². The number of hydrogen-bond acceptors (Lipinski definition) is 12. The number of thiol groups is 3. The van der Waals surface area contributed by atoms with Gasteiger partial charge in [-0.1, -0.05) is 0 Å². The van der Waals surface area contributed by atoms with E-state index in [2.05, 4.69) is 37.9 Å². The normalized spacial score (nSPS) is 17.6. The summed E-state index contributed by atoms with van der Waals surface area (Å²) < 4.78 is -6.21. The minimum Gasteiger partial charge on any atom is -0.480 e. The molecule has 0 aliphatic heterocycles. The second kappa shape index (κ2) is 12.2. The zero-order chi connectivity index (χ0) is 21.4. The van der Waals surface area contributed by atoms with E-state index in [9.17, 15) is 45.0 Å². The van der Waals surface area contributed by atoms with E-state index < -0.39 is 60.3 Å². The molecule has 0 spiro atoms. The van der Waals surface area contributed by atoms with E-state index in [-0.39, 0.29) is 6.42 Å². The Kier molecular flexibility index (Phi) is 12.3. The number of thioether (sulfide) groups is 3. The van der Waals surface area contributed by atoms with Gasteiger partial charge in [0, 0.05) is 6.61 Å². The molecule has 0 aliphatic carbocycles. The first-order valence-corrected chi connectivity index (χ1v) is 11.2. The Labute approximate surface area is 184 Å². The number of carbonyl (C=O) groups is 3. The molecule has 27 heavy (non-hydrogen) atoms. The van der Waals surface area contributed by atoms with E-state index in [1.165, 1.54) is 0 Å². The topological polar surface area (TPSA) is 173 Å². The number of carboxylic acid groups (broad SMARTS) is 3. The van der Waals surface area contributed by atoms with E-state index in [4.69, 9.17) is 0 Å². The number of aliphatic hydroxyl groups excluding tert-OH is 3. The number of aliphatic carboxylic acids is 3. The fourth-order valence-corrected chi connectivity index (χ4v) is 9.55. The molecule has 0 aliphatic rings. The van der Waals surface area contributed by atoms with Gasteiger partial charge in [-0.15, -0.1) is 35.3 Å². The van der Waals surface area contributed by atoms with Crippen LogP contribution in [0.3, 0.4) is 0 Å². The van der Waals surface area contributed by atoms with Crippen LogP contribution in [0.5, 0.6) is 0 Å². The summed E-state index contributed by atoms with van der Waals surface area (Å²) in [4.78, 5) is 34.0. The molecule has 3 unspecified atom stereocenters. The summed E-state index contributed by atoms with van der Waals surface area (Å²) in [5.74, 6) is -4.21. The predicted molar refractivity (Wildman–Crippen MR) is 115 cm³/mol. The number of aliphatic hydroxyl groups is 3. The van der Waals surface area contributed by atoms with Crippen LogP contribution in [-0.4, -0.2) is 85.5 Å². The molecule has 15 heteroatoms. The highest BCUT2D eigenvalue weighted by atomic mass is 32.3. The maximum atomic E-state index is 11.3. The Bertz CT molecular complexity index is 474. The summed E-state index contributed by atoms with van der Waals surface area (Å²) in [5.41, 5.74) is -1.69. The van der Waals surface area contributed by atoms with Crippen molar-refractivity contribution in [3.05, 3.63) is 0 Å². The first kappa shape index (κ1) is 27.4. The second-order valence-electron chi connectivity index (χ2n) is 5.05. The van der Waals surface area contributed by atoms with Crippen molar-refractivity contribution in [3.8, 4) is 0 Å². The molecule has 0 heterocycles. The number of carboxylic acids is 3. The average molecular weight is 501 g/mol. The van der Waals surface area contributed by atoms with Crippen LogP contribution in [0, 0.1) is 5.41 Å². The Balaban J connectivity index is 6.51. The molecule has 0 saturated heterocycles. The van der Waals surface area contributed by atoms with Crippen molar-refractivity contribution in [3.63, 3.8) is 0 Å². The first-order chi connectivity index (χ1) is 12.4. The van der Waals surface area contributed by atoms with Gasteiger partial charge in [0.2, 0.25) is 0 Å². The van der Waals surface area contributed by atoms with Gasteiger partial charge in [-0.3, -0.25) is 14.4 Å². The van der Waals surface area contributed by atoms with Crippen LogP contribution in [0.25, 0.3) is 0 Å². The van der Waals surface area contributed by atoms with Gasteiger partial charge in [-0.2, -0.15) is 37.9 Å². The smallest absolute Gasteiger partial charge is 0.326 e. The van der Waals surface area contributed by atoms with E-state index in [0.29, 0.717) is 35.3 Å². The van der Waals surface area contributed by atoms with Gasteiger partial charge in [-0.05, 0) is 6.42 Å². The van der Waals surface area contributed by atoms with Gasteiger partial charge in [0.25, 0.3) is 0 Å². The summed E-state index contributed by atoms with van der Waals surface area (Å²) in [7, 11) is 0. The molecule has 6 N–H and O–H groups in total. The van der Waals surface area contributed by atoms with Crippen LogP contribution < -0.4 is 0 Å². The van der Waals surface area contributed by atoms with Gasteiger partial charge < -0.3 is 30.6 Å². The third-order valence-corrected chi connectivity index (χ3v) is 10.1. The molecular weight excluding hydrogens is 481 g/mol. The first-order valence-electron chi connectivity index (χ1n) is 7.00. The Morgan fingerprint density at radius 2 is 1.04 bits per heavy atom. The monoisotopic (exact) mass is 500 g/mol. The summed E-state index contributed by atoms with van der Waals surface area (Å²) in [6, 6.07) is 0. The molecular formula is C12H20O9S6. The van der Waals surface area contributed by atoms with Crippen molar-refractivity contribution in [1.82, 2.24) is 0 Å². The minimum atomic E-state index is -1.81. The number of hydrogen-bond donors (Lipinski definition) is 9. The van der Waals surface area contributed by atoms with Gasteiger partial charge in [0.15, 0.2) is 0 Å². The van der Waals surface area contributed by atoms with Crippen molar-refractivity contribution in [2.45, 2.75) is 23.6 Å². The lowest BCUT2D eigenvalue weighted by molar-refractivity contribution is -0.135. The van der Waals surface area contributed by atoms with Gasteiger partial charge >= 0.3 is 17.9 Å². The van der Waals surface area contributed by atoms with Crippen molar-refractivity contribution in [1.29, 1.82) is 0 Å². The van der Waals surface area contributed by atoms with Crippen LogP contribution in [0.15, 0.2) is 0 Å². The lowest BCUT2D eigenvalue weighted by atomic mass is 9.88. The maximum absolute atomic E-state index is 11.3. The van der Waals surface area contributed by atoms with Crippen LogP contribution in [0.4, 0.5) is 0 Å². The van der Waals surface area contributed by atoms with Gasteiger partial charge in [0.05, 0.1) is 18.6 Å². The lowest BCUT2D eigenvalue weighted by Crippen LogP contribution is -2.50. The van der Waals surface area contributed by atoms with Gasteiger partial charge in [0.1, 0.15) is 17.2 Å². The standard InChI is InChI=1S/C12H20O9S6/c13-2-1-11(3-14,4-15)12(25-8(22)5(16)17,26-9(23)6(18)19)27-10(24)7(20)21/h8-10,13-15,22-24H,1-4H2,(H,16,17)(H,18,19)(H,20,21). The van der Waals surface area contributed by atoms with E-state index >= 15 is 0 Å². The molecule has 0 rings (SSSR count). The highest BCUT2D eigenvalue weighted by Crippen LogP contribution is 2.63. The van der Waals surface area contributed by atoms with Crippen molar-refractivity contribution in [2.24, 2.45) is 5.41 Å². The highest BCUT2D eigenvalue weighted by Gasteiger charge is 2.56. The predicted octanol–water partition coefficient (Wildman–Crippen LogP) is 0.215. The van der Waals surface area contributed by atoms with Crippen molar-refractivity contribution < 1.29 is 45.0 Å². The summed E-state index contributed by atoms with van der Waals surface area (Å²) in [6.45, 7) is -2.17. The molecule has 0 amide bonds. The average Bonchev–Trinajstić information content (AvgIpc) is 2.58. The Hall–Kier alpha value is 0.390. The van der Waals surface area contributed by atoms with Crippen LogP contribution in [0.1, 0.15) is 6.42 Å². The maximum Gasteiger partial charge on any atom is 0.326 e. The molecule has 0 aromatic rings. The quantitative estimate of drug-likeness (QED) is 0.117. The summed E-state index contributed by atoms with van der Waals surface area (Å²) in [6.07, 6.45) is -0.284. The van der Waals surface area contributed by atoms with E-state index in [1.54, 1.807) is 0 Å². The second-order valence-corrected chi connectivity index (χ2v) is 12.4. The fraction of sp³-hybridized carbons (Fsp3) is 0.750. The molecule has 3 atom stereocenters. The summed E-state index contributed by atoms with van der Waals surface area (Å²) >= 11 is 13.3. The minimum absolute atomic E-state index is 0.284. The summed E-state index contributed by atoms with van der Waals surface area (Å²) in [5, 5.41) is 57.0. The van der Waals surface area contributed by atoms with Gasteiger partial charge in [-0.25, -0.2) is 0 Å². The molecule has 0 aromatic heterocycles. The molecule has 158 valence electrons. The van der Waals surface area contributed by atoms with Crippen LogP contribution in [0.2, 0.25) is 0 Å². The lowest BCUT2D eigenvalue weighted by Gasteiger charge is -2.48. The molecule has 0 saturated carbocycles. The molecule has 0 fully saturated rings.